The molecule has 3 saturated carbocycles. The molecule has 0 aromatic rings. The zero-order chi connectivity index (χ0) is 10.5. The maximum atomic E-state index is 10.6. The summed E-state index contributed by atoms with van der Waals surface area (Å²) in [5, 5.41) is 10.6. The van der Waals surface area contributed by atoms with Crippen LogP contribution in [0.25, 0.3) is 0 Å². The molecule has 3 fully saturated rings. The van der Waals surface area contributed by atoms with Gasteiger partial charge < -0.3 is 9.84 Å². The van der Waals surface area contributed by atoms with Crippen LogP contribution in [0.15, 0.2) is 0 Å². The average molecular weight is 210 g/mol. The molecule has 0 heterocycles. The van der Waals surface area contributed by atoms with Crippen LogP contribution < -0.4 is 0 Å². The van der Waals surface area contributed by atoms with Gasteiger partial charge in [0.1, 0.15) is 0 Å². The van der Waals surface area contributed by atoms with E-state index in [1.807, 2.05) is 7.11 Å². The van der Waals surface area contributed by atoms with E-state index in [2.05, 4.69) is 0 Å². The molecule has 0 aromatic heterocycles. The molecule has 2 nitrogen and oxygen atoms in total. The number of hydrogen-bond donors (Lipinski definition) is 1. The standard InChI is InChI=1S/C13H22O2/c1-15-12(7-4-8-12)9-13(14)10-5-2-3-6-11(10)13/h10-11,14H,2-9H2,1H3. The van der Waals surface area contributed by atoms with Gasteiger partial charge in [0, 0.05) is 13.5 Å². The highest BCUT2D eigenvalue weighted by Gasteiger charge is 2.66. The SMILES string of the molecule is COC1(CC2(O)C3CCCCC32)CCC1. The molecule has 0 bridgehead atoms. The second kappa shape index (κ2) is 3.21. The Bertz CT molecular complexity index is 240. The second-order valence-electron chi connectivity index (χ2n) is 5.91. The van der Waals surface area contributed by atoms with Crippen molar-refractivity contribution in [2.45, 2.75) is 62.6 Å². The molecule has 3 rings (SSSR count). The van der Waals surface area contributed by atoms with Gasteiger partial charge in [-0.25, -0.2) is 0 Å². The van der Waals surface area contributed by atoms with Crippen LogP contribution in [-0.2, 0) is 4.74 Å². The number of ether oxygens (including phenoxy) is 1. The van der Waals surface area contributed by atoms with Gasteiger partial charge in [0.15, 0.2) is 0 Å². The van der Waals surface area contributed by atoms with Crippen molar-refractivity contribution in [3.8, 4) is 0 Å². The van der Waals surface area contributed by atoms with Crippen LogP contribution in [0.1, 0.15) is 51.4 Å². The Labute approximate surface area is 92.0 Å². The summed E-state index contributed by atoms with van der Waals surface area (Å²) in [6, 6.07) is 0. The van der Waals surface area contributed by atoms with E-state index in [4.69, 9.17) is 4.74 Å². The fraction of sp³-hybridized carbons (Fsp3) is 1.00. The van der Waals surface area contributed by atoms with Crippen LogP contribution in [-0.4, -0.2) is 23.4 Å². The second-order valence-corrected chi connectivity index (χ2v) is 5.91. The van der Waals surface area contributed by atoms with Gasteiger partial charge in [-0.1, -0.05) is 12.8 Å². The van der Waals surface area contributed by atoms with Gasteiger partial charge in [0.05, 0.1) is 11.2 Å². The maximum Gasteiger partial charge on any atom is 0.0738 e. The van der Waals surface area contributed by atoms with E-state index in [1.165, 1.54) is 32.1 Å². The molecule has 2 heteroatoms. The number of fused-ring (bicyclic) bond motifs is 1. The predicted octanol–water partition coefficient (Wildman–Crippen LogP) is 2.50. The van der Waals surface area contributed by atoms with Crippen molar-refractivity contribution in [2.75, 3.05) is 7.11 Å². The summed E-state index contributed by atoms with van der Waals surface area (Å²) < 4.78 is 5.64. The van der Waals surface area contributed by atoms with Crippen LogP contribution in [0.4, 0.5) is 0 Å². The van der Waals surface area contributed by atoms with Gasteiger partial charge in [0.2, 0.25) is 0 Å². The molecule has 1 N–H and O–H groups in total. The smallest absolute Gasteiger partial charge is 0.0738 e. The molecule has 0 amide bonds. The monoisotopic (exact) mass is 210 g/mol. The number of methoxy groups -OCH3 is 1. The number of hydrogen-bond acceptors (Lipinski definition) is 2. The minimum absolute atomic E-state index is 0.0477. The van der Waals surface area contributed by atoms with Crippen molar-refractivity contribution in [2.24, 2.45) is 11.8 Å². The van der Waals surface area contributed by atoms with E-state index in [9.17, 15) is 5.11 Å². The van der Waals surface area contributed by atoms with E-state index in [1.54, 1.807) is 0 Å². The first kappa shape index (κ1) is 10.1. The third-order valence-corrected chi connectivity index (χ3v) is 5.24. The molecule has 2 atom stereocenters. The van der Waals surface area contributed by atoms with Crippen molar-refractivity contribution in [1.29, 1.82) is 0 Å². The molecule has 0 aromatic carbocycles. The Kier molecular flexibility index (Phi) is 2.16. The molecule has 86 valence electrons. The predicted molar refractivity (Wildman–Crippen MR) is 58.6 cm³/mol. The minimum Gasteiger partial charge on any atom is -0.389 e. The average Bonchev–Trinajstić information content (AvgIpc) is 2.80. The molecule has 2 unspecified atom stereocenters. The minimum atomic E-state index is -0.340. The molecule has 0 aliphatic heterocycles. The molecule has 0 saturated heterocycles. The molecule has 0 radical (unpaired) electrons. The quantitative estimate of drug-likeness (QED) is 0.775. The Hall–Kier alpha value is -0.0800. The van der Waals surface area contributed by atoms with Gasteiger partial charge in [-0.15, -0.1) is 0 Å². The summed E-state index contributed by atoms with van der Waals surface area (Å²) in [6.07, 6.45) is 9.65. The molecule has 0 spiro atoms. The lowest BCUT2D eigenvalue weighted by molar-refractivity contribution is -0.109. The highest BCUT2D eigenvalue weighted by atomic mass is 16.5. The molecular weight excluding hydrogens is 188 g/mol. The lowest BCUT2D eigenvalue weighted by Gasteiger charge is -2.42. The van der Waals surface area contributed by atoms with Crippen LogP contribution in [0.3, 0.4) is 0 Å². The number of aliphatic hydroxyl groups is 1. The first-order valence-electron chi connectivity index (χ1n) is 6.48. The lowest BCUT2D eigenvalue weighted by Crippen LogP contribution is -2.43. The lowest BCUT2D eigenvalue weighted by atomic mass is 9.75. The fourth-order valence-electron chi connectivity index (χ4n) is 4.02. The van der Waals surface area contributed by atoms with Gasteiger partial charge in [-0.2, -0.15) is 0 Å². The summed E-state index contributed by atoms with van der Waals surface area (Å²) in [4.78, 5) is 0. The Morgan fingerprint density at radius 1 is 1.13 bits per heavy atom. The van der Waals surface area contributed by atoms with Crippen molar-refractivity contribution >= 4 is 0 Å². The van der Waals surface area contributed by atoms with Crippen LogP contribution in [0.5, 0.6) is 0 Å². The van der Waals surface area contributed by atoms with Gasteiger partial charge >= 0.3 is 0 Å². The van der Waals surface area contributed by atoms with Gasteiger partial charge in [-0.05, 0) is 43.9 Å². The van der Waals surface area contributed by atoms with E-state index >= 15 is 0 Å². The van der Waals surface area contributed by atoms with Crippen LogP contribution in [0.2, 0.25) is 0 Å². The largest absolute Gasteiger partial charge is 0.389 e. The Balaban J connectivity index is 1.68. The third kappa shape index (κ3) is 1.38. The summed E-state index contributed by atoms with van der Waals surface area (Å²) in [7, 11) is 1.81. The molecule has 15 heavy (non-hydrogen) atoms. The van der Waals surface area contributed by atoms with Crippen molar-refractivity contribution in [3.05, 3.63) is 0 Å². The van der Waals surface area contributed by atoms with E-state index in [0.29, 0.717) is 11.8 Å². The zero-order valence-corrected chi connectivity index (χ0v) is 9.67. The molecule has 3 aliphatic carbocycles. The fourth-order valence-corrected chi connectivity index (χ4v) is 4.02. The van der Waals surface area contributed by atoms with Gasteiger partial charge in [-0.3, -0.25) is 0 Å². The van der Waals surface area contributed by atoms with E-state index in [-0.39, 0.29) is 11.2 Å². The first-order chi connectivity index (χ1) is 7.20. The highest BCUT2D eigenvalue weighted by molar-refractivity contribution is 5.16. The molecule has 3 aliphatic rings. The topological polar surface area (TPSA) is 29.5 Å². The molecular formula is C13H22O2. The zero-order valence-electron chi connectivity index (χ0n) is 9.67. The van der Waals surface area contributed by atoms with Crippen molar-refractivity contribution in [3.63, 3.8) is 0 Å². The Morgan fingerprint density at radius 3 is 2.13 bits per heavy atom. The first-order valence-corrected chi connectivity index (χ1v) is 6.48. The van der Waals surface area contributed by atoms with Crippen molar-refractivity contribution < 1.29 is 9.84 Å². The van der Waals surface area contributed by atoms with Crippen LogP contribution >= 0.6 is 0 Å². The Morgan fingerprint density at radius 2 is 1.73 bits per heavy atom. The third-order valence-electron chi connectivity index (χ3n) is 5.24. The summed E-state index contributed by atoms with van der Waals surface area (Å²) in [6.45, 7) is 0. The summed E-state index contributed by atoms with van der Waals surface area (Å²) >= 11 is 0. The normalized spacial score (nSPS) is 46.8. The van der Waals surface area contributed by atoms with Gasteiger partial charge in [0.25, 0.3) is 0 Å². The van der Waals surface area contributed by atoms with Crippen molar-refractivity contribution in [1.82, 2.24) is 0 Å². The maximum absolute atomic E-state index is 10.6. The summed E-state index contributed by atoms with van der Waals surface area (Å²) in [5.74, 6) is 1.22. The summed E-state index contributed by atoms with van der Waals surface area (Å²) in [5.41, 5.74) is -0.293. The van der Waals surface area contributed by atoms with E-state index in [0.717, 1.165) is 19.3 Å². The van der Waals surface area contributed by atoms with Crippen LogP contribution in [0, 0.1) is 11.8 Å². The van der Waals surface area contributed by atoms with E-state index < -0.39 is 0 Å². The number of rotatable bonds is 3. The highest BCUT2D eigenvalue weighted by Crippen LogP contribution is 2.63.